The van der Waals surface area contributed by atoms with Crippen molar-refractivity contribution in [1.82, 2.24) is 9.62 Å². The molecule has 0 bridgehead atoms. The summed E-state index contributed by atoms with van der Waals surface area (Å²) in [6.45, 7) is 3.79. The zero-order valence-electron chi connectivity index (χ0n) is 16.9. The number of nitrogens with zero attached hydrogens (tertiary/aromatic N) is 1. The number of fused-ring (bicyclic) bond motifs is 1. The van der Waals surface area contributed by atoms with Crippen LogP contribution in [0.1, 0.15) is 11.6 Å². The zero-order valence-corrected chi connectivity index (χ0v) is 17.7. The van der Waals surface area contributed by atoms with Crippen LogP contribution in [0.25, 0.3) is 0 Å². The first-order chi connectivity index (χ1) is 14.6. The number of ether oxygens (including phenoxy) is 4. The molecule has 2 aromatic carbocycles. The predicted molar refractivity (Wildman–Crippen MR) is 111 cm³/mol. The molecule has 0 radical (unpaired) electrons. The van der Waals surface area contributed by atoms with Crippen LogP contribution >= 0.6 is 0 Å². The average molecular weight is 435 g/mol. The summed E-state index contributed by atoms with van der Waals surface area (Å²) in [6.07, 6.45) is 0. The molecular weight excluding hydrogens is 408 g/mol. The fourth-order valence-corrected chi connectivity index (χ4v) is 4.71. The Hall–Kier alpha value is -2.33. The van der Waals surface area contributed by atoms with E-state index in [-0.39, 0.29) is 17.5 Å². The molecule has 0 saturated carbocycles. The van der Waals surface area contributed by atoms with E-state index in [1.165, 1.54) is 12.1 Å². The van der Waals surface area contributed by atoms with Gasteiger partial charge in [0.1, 0.15) is 19.0 Å². The van der Waals surface area contributed by atoms with Crippen molar-refractivity contribution in [3.8, 4) is 17.2 Å². The lowest BCUT2D eigenvalue weighted by atomic mass is 10.0. The fraction of sp³-hybridized carbons (Fsp3) is 0.429. The van der Waals surface area contributed by atoms with Gasteiger partial charge in [0.05, 0.1) is 25.2 Å². The monoisotopic (exact) mass is 434 g/mol. The second kappa shape index (κ2) is 9.22. The van der Waals surface area contributed by atoms with Crippen LogP contribution in [0.5, 0.6) is 17.2 Å². The number of methoxy groups -OCH3 is 1. The standard InChI is InChI=1S/C21H26N2O6S/c1-26-17-4-2-3-16(13-17)19(23-7-9-27-10-8-23)15-22-30(24,25)18-5-6-20-21(14-18)29-12-11-28-20/h2-6,13-14,19,22H,7-12,15H2,1H3. The molecule has 0 aliphatic carbocycles. The van der Waals surface area contributed by atoms with Crippen molar-refractivity contribution in [2.75, 3.05) is 53.2 Å². The fourth-order valence-electron chi connectivity index (χ4n) is 3.66. The molecule has 9 heteroatoms. The van der Waals surface area contributed by atoms with Crippen LogP contribution in [0.15, 0.2) is 47.4 Å². The minimum atomic E-state index is -3.73. The lowest BCUT2D eigenvalue weighted by molar-refractivity contribution is 0.0171. The third kappa shape index (κ3) is 4.70. The molecule has 162 valence electrons. The first-order valence-electron chi connectivity index (χ1n) is 9.92. The van der Waals surface area contributed by atoms with Gasteiger partial charge < -0.3 is 18.9 Å². The van der Waals surface area contributed by atoms with E-state index < -0.39 is 10.0 Å². The van der Waals surface area contributed by atoms with E-state index in [1.807, 2.05) is 24.3 Å². The van der Waals surface area contributed by atoms with Gasteiger partial charge in [-0.1, -0.05) is 12.1 Å². The molecule has 1 fully saturated rings. The summed E-state index contributed by atoms with van der Waals surface area (Å²) in [6, 6.07) is 12.2. The molecule has 0 aromatic heterocycles. The number of nitrogens with one attached hydrogen (secondary N) is 1. The van der Waals surface area contributed by atoms with Gasteiger partial charge in [0, 0.05) is 31.7 Å². The minimum absolute atomic E-state index is 0.143. The van der Waals surface area contributed by atoms with Crippen molar-refractivity contribution >= 4 is 10.0 Å². The van der Waals surface area contributed by atoms with Crippen LogP contribution in [-0.2, 0) is 14.8 Å². The molecule has 0 spiro atoms. The highest BCUT2D eigenvalue weighted by atomic mass is 32.2. The van der Waals surface area contributed by atoms with Crippen molar-refractivity contribution in [3.63, 3.8) is 0 Å². The molecule has 4 rings (SSSR count). The average Bonchev–Trinajstić information content (AvgIpc) is 2.79. The molecule has 2 aliphatic heterocycles. The van der Waals surface area contributed by atoms with E-state index >= 15 is 0 Å². The highest BCUT2D eigenvalue weighted by Gasteiger charge is 2.26. The SMILES string of the molecule is COc1cccc(C(CNS(=O)(=O)c2ccc3c(c2)OCCO3)N2CCOCC2)c1. The summed E-state index contributed by atoms with van der Waals surface area (Å²) in [5.74, 6) is 1.74. The summed E-state index contributed by atoms with van der Waals surface area (Å²) < 4.78 is 50.6. The quantitative estimate of drug-likeness (QED) is 0.711. The van der Waals surface area contributed by atoms with Gasteiger partial charge in [0.2, 0.25) is 10.0 Å². The van der Waals surface area contributed by atoms with Crippen LogP contribution in [0.4, 0.5) is 0 Å². The van der Waals surface area contributed by atoms with Gasteiger partial charge >= 0.3 is 0 Å². The Morgan fingerprint density at radius 1 is 1.03 bits per heavy atom. The maximum absolute atomic E-state index is 13.0. The number of sulfonamides is 1. The van der Waals surface area contributed by atoms with Gasteiger partial charge in [-0.25, -0.2) is 13.1 Å². The Morgan fingerprint density at radius 2 is 1.80 bits per heavy atom. The summed E-state index contributed by atoms with van der Waals surface area (Å²) in [7, 11) is -2.11. The van der Waals surface area contributed by atoms with E-state index in [1.54, 1.807) is 13.2 Å². The smallest absolute Gasteiger partial charge is 0.240 e. The van der Waals surface area contributed by atoms with Crippen molar-refractivity contribution in [2.45, 2.75) is 10.9 Å². The van der Waals surface area contributed by atoms with E-state index in [2.05, 4.69) is 9.62 Å². The third-order valence-corrected chi connectivity index (χ3v) is 6.68. The van der Waals surface area contributed by atoms with Gasteiger partial charge in [0.15, 0.2) is 11.5 Å². The first kappa shape index (κ1) is 20.9. The molecule has 30 heavy (non-hydrogen) atoms. The first-order valence-corrected chi connectivity index (χ1v) is 11.4. The Morgan fingerprint density at radius 3 is 2.57 bits per heavy atom. The van der Waals surface area contributed by atoms with E-state index in [0.717, 1.165) is 24.4 Å². The van der Waals surface area contributed by atoms with Gasteiger partial charge in [-0.2, -0.15) is 0 Å². The molecular formula is C21H26N2O6S. The van der Waals surface area contributed by atoms with Crippen molar-refractivity contribution < 1.29 is 27.4 Å². The number of hydrogen-bond acceptors (Lipinski definition) is 7. The summed E-state index contributed by atoms with van der Waals surface area (Å²) in [5.41, 5.74) is 0.987. The van der Waals surface area contributed by atoms with Crippen LogP contribution in [0, 0.1) is 0 Å². The molecule has 1 atom stereocenters. The van der Waals surface area contributed by atoms with Crippen LogP contribution in [-0.4, -0.2) is 66.5 Å². The van der Waals surface area contributed by atoms with Gasteiger partial charge in [0.25, 0.3) is 0 Å². The van der Waals surface area contributed by atoms with Crippen molar-refractivity contribution in [1.29, 1.82) is 0 Å². The topological polar surface area (TPSA) is 86.3 Å². The van der Waals surface area contributed by atoms with Crippen LogP contribution in [0.3, 0.4) is 0 Å². The summed E-state index contributed by atoms with van der Waals surface area (Å²) >= 11 is 0. The van der Waals surface area contributed by atoms with E-state index in [4.69, 9.17) is 18.9 Å². The van der Waals surface area contributed by atoms with Gasteiger partial charge in [-0.05, 0) is 29.8 Å². The summed E-state index contributed by atoms with van der Waals surface area (Å²) in [5, 5.41) is 0. The lowest BCUT2D eigenvalue weighted by Gasteiger charge is -2.35. The lowest BCUT2D eigenvalue weighted by Crippen LogP contribution is -2.43. The third-order valence-electron chi connectivity index (χ3n) is 5.26. The predicted octanol–water partition coefficient (Wildman–Crippen LogP) is 1.82. The highest BCUT2D eigenvalue weighted by molar-refractivity contribution is 7.89. The van der Waals surface area contributed by atoms with Gasteiger partial charge in [-0.3, -0.25) is 4.90 Å². The molecule has 1 unspecified atom stereocenters. The Kier molecular flexibility index (Phi) is 6.43. The largest absolute Gasteiger partial charge is 0.497 e. The Labute approximate surface area is 176 Å². The number of rotatable bonds is 7. The molecule has 2 aliphatic rings. The summed E-state index contributed by atoms with van der Waals surface area (Å²) in [4.78, 5) is 2.38. The van der Waals surface area contributed by atoms with Crippen molar-refractivity contribution in [3.05, 3.63) is 48.0 Å². The van der Waals surface area contributed by atoms with Crippen LogP contribution < -0.4 is 18.9 Å². The molecule has 2 aromatic rings. The van der Waals surface area contributed by atoms with E-state index in [0.29, 0.717) is 37.9 Å². The highest BCUT2D eigenvalue weighted by Crippen LogP contribution is 2.32. The molecule has 8 nitrogen and oxygen atoms in total. The second-order valence-corrected chi connectivity index (χ2v) is 8.87. The zero-order chi connectivity index (χ0) is 21.0. The maximum atomic E-state index is 13.0. The Balaban J connectivity index is 1.55. The molecule has 1 saturated heterocycles. The van der Waals surface area contributed by atoms with Crippen LogP contribution in [0.2, 0.25) is 0 Å². The molecule has 2 heterocycles. The Bertz CT molecular complexity index is 975. The maximum Gasteiger partial charge on any atom is 0.240 e. The molecule has 1 N–H and O–H groups in total. The van der Waals surface area contributed by atoms with Crippen molar-refractivity contribution in [2.24, 2.45) is 0 Å². The molecule has 0 amide bonds. The number of benzene rings is 2. The normalized spacial score (nSPS) is 18.0. The van der Waals surface area contributed by atoms with Gasteiger partial charge in [-0.15, -0.1) is 0 Å². The number of hydrogen-bond donors (Lipinski definition) is 1. The number of morpholine rings is 1. The second-order valence-electron chi connectivity index (χ2n) is 7.10. The van der Waals surface area contributed by atoms with E-state index in [9.17, 15) is 8.42 Å². The minimum Gasteiger partial charge on any atom is -0.497 e.